The molecule has 112 valence electrons. The molecule has 21 heavy (non-hydrogen) atoms. The maximum Gasteiger partial charge on any atom is 0.145 e. The van der Waals surface area contributed by atoms with Gasteiger partial charge in [0.1, 0.15) is 11.3 Å². The highest BCUT2D eigenvalue weighted by Crippen LogP contribution is 2.37. The van der Waals surface area contributed by atoms with Crippen LogP contribution in [0.2, 0.25) is 0 Å². The third-order valence-electron chi connectivity index (χ3n) is 4.75. The van der Waals surface area contributed by atoms with E-state index in [9.17, 15) is 0 Å². The Balaban J connectivity index is 1.78. The van der Waals surface area contributed by atoms with Crippen molar-refractivity contribution in [1.82, 2.24) is 10.3 Å². The number of ether oxygens (including phenoxy) is 1. The normalized spacial score (nSPS) is 20.8. The maximum absolute atomic E-state index is 5.41. The van der Waals surface area contributed by atoms with Crippen LogP contribution in [0.3, 0.4) is 0 Å². The lowest BCUT2D eigenvalue weighted by atomic mass is 9.87. The van der Waals surface area contributed by atoms with Gasteiger partial charge in [0, 0.05) is 18.0 Å². The minimum atomic E-state index is 0.397. The van der Waals surface area contributed by atoms with Crippen molar-refractivity contribution >= 4 is 10.9 Å². The zero-order valence-electron chi connectivity index (χ0n) is 13.1. The minimum Gasteiger partial charge on any atom is -0.494 e. The monoisotopic (exact) mass is 284 g/mol. The van der Waals surface area contributed by atoms with Crippen LogP contribution >= 0.6 is 0 Å². The van der Waals surface area contributed by atoms with Crippen LogP contribution in [-0.2, 0) is 6.54 Å². The number of para-hydroxylation sites is 1. The summed E-state index contributed by atoms with van der Waals surface area (Å²) in [5.41, 5.74) is 2.42. The largest absolute Gasteiger partial charge is 0.494 e. The summed E-state index contributed by atoms with van der Waals surface area (Å²) in [6, 6.07) is 10.9. The summed E-state index contributed by atoms with van der Waals surface area (Å²) in [5.74, 6) is 0.843. The molecule has 1 saturated carbocycles. The molecule has 1 aromatic carbocycles. The lowest BCUT2D eigenvalue weighted by molar-refractivity contribution is 0.282. The van der Waals surface area contributed by atoms with E-state index >= 15 is 0 Å². The molecule has 0 amide bonds. The average molecular weight is 284 g/mol. The zero-order valence-corrected chi connectivity index (χ0v) is 13.1. The van der Waals surface area contributed by atoms with E-state index in [1.807, 2.05) is 12.1 Å². The maximum atomic E-state index is 5.41. The van der Waals surface area contributed by atoms with Gasteiger partial charge < -0.3 is 10.1 Å². The molecular weight excluding hydrogens is 260 g/mol. The third-order valence-corrected chi connectivity index (χ3v) is 4.75. The Morgan fingerprint density at radius 1 is 1.29 bits per heavy atom. The van der Waals surface area contributed by atoms with Gasteiger partial charge in [0.15, 0.2) is 0 Å². The number of methoxy groups -OCH3 is 1. The molecule has 1 fully saturated rings. The van der Waals surface area contributed by atoms with Crippen LogP contribution in [0.5, 0.6) is 5.75 Å². The molecule has 3 heteroatoms. The fourth-order valence-electron chi connectivity index (χ4n) is 3.36. The first-order chi connectivity index (χ1) is 10.1. The Labute approximate surface area is 126 Å². The lowest BCUT2D eigenvalue weighted by Gasteiger charge is -2.27. The first kappa shape index (κ1) is 14.3. The molecule has 1 unspecified atom stereocenters. The summed E-state index contributed by atoms with van der Waals surface area (Å²) in [5, 5.41) is 4.81. The summed E-state index contributed by atoms with van der Waals surface area (Å²) in [7, 11) is 1.70. The topological polar surface area (TPSA) is 34.1 Å². The molecule has 1 aliphatic rings. The SMILES string of the molecule is COc1cccc2ccc(CNC3CCCC3(C)C)nc12. The van der Waals surface area contributed by atoms with E-state index in [1.54, 1.807) is 7.11 Å². The van der Waals surface area contributed by atoms with Crippen LogP contribution < -0.4 is 10.1 Å². The van der Waals surface area contributed by atoms with Crippen LogP contribution in [0.4, 0.5) is 0 Å². The summed E-state index contributed by atoms with van der Waals surface area (Å²) >= 11 is 0. The van der Waals surface area contributed by atoms with Crippen molar-refractivity contribution in [2.24, 2.45) is 5.41 Å². The number of aromatic nitrogens is 1. The van der Waals surface area contributed by atoms with E-state index in [2.05, 4.69) is 37.4 Å². The van der Waals surface area contributed by atoms with E-state index in [0.29, 0.717) is 11.5 Å². The number of benzene rings is 1. The van der Waals surface area contributed by atoms with Crippen molar-refractivity contribution in [2.45, 2.75) is 45.7 Å². The number of nitrogens with one attached hydrogen (secondary N) is 1. The number of fused-ring (bicyclic) bond motifs is 1. The van der Waals surface area contributed by atoms with Gasteiger partial charge in [-0.1, -0.05) is 38.5 Å². The molecule has 0 bridgehead atoms. The molecule has 1 aliphatic carbocycles. The predicted octanol–water partition coefficient (Wildman–Crippen LogP) is 3.91. The average Bonchev–Trinajstić information content (AvgIpc) is 2.83. The van der Waals surface area contributed by atoms with Gasteiger partial charge in [-0.25, -0.2) is 4.98 Å². The molecular formula is C18H24N2O. The molecule has 1 heterocycles. The second-order valence-corrected chi connectivity index (χ2v) is 6.65. The Kier molecular flexibility index (Phi) is 3.85. The van der Waals surface area contributed by atoms with Crippen LogP contribution in [0.25, 0.3) is 10.9 Å². The molecule has 3 nitrogen and oxygen atoms in total. The van der Waals surface area contributed by atoms with E-state index in [0.717, 1.165) is 28.9 Å². The van der Waals surface area contributed by atoms with Gasteiger partial charge in [-0.15, -0.1) is 0 Å². The first-order valence-corrected chi connectivity index (χ1v) is 7.76. The molecule has 0 radical (unpaired) electrons. The molecule has 1 atom stereocenters. The second-order valence-electron chi connectivity index (χ2n) is 6.65. The second kappa shape index (κ2) is 5.64. The van der Waals surface area contributed by atoms with E-state index < -0.39 is 0 Å². The molecule has 0 spiro atoms. The van der Waals surface area contributed by atoms with Gasteiger partial charge in [0.25, 0.3) is 0 Å². The van der Waals surface area contributed by atoms with Crippen molar-refractivity contribution < 1.29 is 4.74 Å². The van der Waals surface area contributed by atoms with Crippen LogP contribution in [-0.4, -0.2) is 18.1 Å². The van der Waals surface area contributed by atoms with E-state index in [1.165, 1.54) is 19.3 Å². The molecule has 1 aromatic heterocycles. The first-order valence-electron chi connectivity index (χ1n) is 7.76. The van der Waals surface area contributed by atoms with Crippen molar-refractivity contribution in [3.8, 4) is 5.75 Å². The van der Waals surface area contributed by atoms with Crippen molar-refractivity contribution in [3.05, 3.63) is 36.0 Å². The fourth-order valence-corrected chi connectivity index (χ4v) is 3.36. The van der Waals surface area contributed by atoms with E-state index in [4.69, 9.17) is 9.72 Å². The number of nitrogens with zero attached hydrogens (tertiary/aromatic N) is 1. The fraction of sp³-hybridized carbons (Fsp3) is 0.500. The van der Waals surface area contributed by atoms with E-state index in [-0.39, 0.29) is 0 Å². The smallest absolute Gasteiger partial charge is 0.145 e. The molecule has 1 N–H and O–H groups in total. The Morgan fingerprint density at radius 3 is 2.86 bits per heavy atom. The number of hydrogen-bond donors (Lipinski definition) is 1. The highest BCUT2D eigenvalue weighted by Gasteiger charge is 2.33. The van der Waals surface area contributed by atoms with Gasteiger partial charge >= 0.3 is 0 Å². The summed E-state index contributed by atoms with van der Waals surface area (Å²) in [6.07, 6.45) is 3.90. The third kappa shape index (κ3) is 2.88. The summed E-state index contributed by atoms with van der Waals surface area (Å²) in [4.78, 5) is 4.77. The molecule has 3 rings (SSSR count). The number of rotatable bonds is 4. The van der Waals surface area contributed by atoms with Crippen molar-refractivity contribution in [2.75, 3.05) is 7.11 Å². The van der Waals surface area contributed by atoms with Crippen molar-refractivity contribution in [3.63, 3.8) is 0 Å². The lowest BCUT2D eigenvalue weighted by Crippen LogP contribution is -2.37. The number of pyridine rings is 1. The molecule has 0 aliphatic heterocycles. The Bertz CT molecular complexity index is 636. The van der Waals surface area contributed by atoms with Crippen LogP contribution in [0.15, 0.2) is 30.3 Å². The number of hydrogen-bond acceptors (Lipinski definition) is 3. The van der Waals surface area contributed by atoms with Gasteiger partial charge in [-0.3, -0.25) is 0 Å². The van der Waals surface area contributed by atoms with Crippen LogP contribution in [0, 0.1) is 5.41 Å². The summed E-state index contributed by atoms with van der Waals surface area (Å²) < 4.78 is 5.41. The standard InChI is InChI=1S/C18H24N2O/c1-18(2)11-5-8-16(18)19-12-14-10-9-13-6-4-7-15(21-3)17(13)20-14/h4,6-7,9-10,16,19H,5,8,11-12H2,1-3H3. The Morgan fingerprint density at radius 2 is 2.14 bits per heavy atom. The Hall–Kier alpha value is -1.61. The molecule has 0 saturated heterocycles. The van der Waals surface area contributed by atoms with Gasteiger partial charge in [0.2, 0.25) is 0 Å². The minimum absolute atomic E-state index is 0.397. The van der Waals surface area contributed by atoms with Gasteiger partial charge in [-0.05, 0) is 30.4 Å². The highest BCUT2D eigenvalue weighted by atomic mass is 16.5. The quantitative estimate of drug-likeness (QED) is 0.924. The van der Waals surface area contributed by atoms with Crippen molar-refractivity contribution in [1.29, 1.82) is 0 Å². The summed E-state index contributed by atoms with van der Waals surface area (Å²) in [6.45, 7) is 5.53. The molecule has 2 aromatic rings. The predicted molar refractivity (Wildman–Crippen MR) is 86.6 cm³/mol. The zero-order chi connectivity index (χ0) is 14.9. The van der Waals surface area contributed by atoms with Gasteiger partial charge in [-0.2, -0.15) is 0 Å². The van der Waals surface area contributed by atoms with Crippen LogP contribution in [0.1, 0.15) is 38.8 Å². The van der Waals surface area contributed by atoms with Gasteiger partial charge in [0.05, 0.1) is 12.8 Å². The highest BCUT2D eigenvalue weighted by molar-refractivity contribution is 5.84.